The lowest BCUT2D eigenvalue weighted by Crippen LogP contribution is -2.32. The summed E-state index contributed by atoms with van der Waals surface area (Å²) in [5.41, 5.74) is 4.92. The standard InChI is InChI=1S/C24H21N3O2S/c1-30-21-7-4-16(5-8-21)24(28)27-10-11-29-23-9-6-17(12-20(23)15-27)18-2-3-19-14-25-26-22(19)13-18/h2-9,12-14H,10-11,15H2,1H3,(H,25,26). The number of hydrogen-bond donors (Lipinski definition) is 1. The summed E-state index contributed by atoms with van der Waals surface area (Å²) in [6, 6.07) is 20.2. The summed E-state index contributed by atoms with van der Waals surface area (Å²) in [6.07, 6.45) is 3.85. The molecule has 0 radical (unpaired) electrons. The molecule has 0 atom stereocenters. The van der Waals surface area contributed by atoms with Crippen LogP contribution in [-0.2, 0) is 6.54 Å². The smallest absolute Gasteiger partial charge is 0.254 e. The quantitative estimate of drug-likeness (QED) is 0.479. The van der Waals surface area contributed by atoms with Crippen LogP contribution in [0.2, 0.25) is 0 Å². The van der Waals surface area contributed by atoms with Crippen LogP contribution < -0.4 is 4.74 Å². The second-order valence-corrected chi connectivity index (χ2v) is 8.18. The predicted molar refractivity (Wildman–Crippen MR) is 120 cm³/mol. The Morgan fingerprint density at radius 1 is 1.07 bits per heavy atom. The molecule has 5 nitrogen and oxygen atoms in total. The predicted octanol–water partition coefficient (Wildman–Crippen LogP) is 4.99. The van der Waals surface area contributed by atoms with Gasteiger partial charge in [0.15, 0.2) is 0 Å². The number of carbonyl (C=O) groups excluding carboxylic acids is 1. The molecule has 4 aromatic rings. The fraction of sp³-hybridized carbons (Fsp3) is 0.167. The zero-order chi connectivity index (χ0) is 20.5. The Morgan fingerprint density at radius 2 is 1.87 bits per heavy atom. The Kier molecular flexibility index (Phi) is 4.93. The van der Waals surface area contributed by atoms with E-state index in [1.807, 2.05) is 47.7 Å². The number of fused-ring (bicyclic) bond motifs is 2. The van der Waals surface area contributed by atoms with Crippen LogP contribution >= 0.6 is 11.8 Å². The monoisotopic (exact) mass is 415 g/mol. The van der Waals surface area contributed by atoms with E-state index in [0.29, 0.717) is 25.3 Å². The second-order valence-electron chi connectivity index (χ2n) is 7.30. The zero-order valence-electron chi connectivity index (χ0n) is 16.6. The van der Waals surface area contributed by atoms with E-state index in [-0.39, 0.29) is 5.91 Å². The number of amides is 1. The van der Waals surface area contributed by atoms with Crippen LogP contribution in [-0.4, -0.2) is 40.4 Å². The molecule has 3 aromatic carbocycles. The minimum Gasteiger partial charge on any atom is -0.491 e. The summed E-state index contributed by atoms with van der Waals surface area (Å²) >= 11 is 1.67. The number of rotatable bonds is 3. The molecule has 30 heavy (non-hydrogen) atoms. The van der Waals surface area contributed by atoms with Gasteiger partial charge in [0.05, 0.1) is 18.3 Å². The summed E-state index contributed by atoms with van der Waals surface area (Å²) in [5.74, 6) is 0.873. The molecular weight excluding hydrogens is 394 g/mol. The molecule has 0 bridgehead atoms. The van der Waals surface area contributed by atoms with Gasteiger partial charge in [-0.05, 0) is 59.8 Å². The Morgan fingerprint density at radius 3 is 2.70 bits per heavy atom. The van der Waals surface area contributed by atoms with Gasteiger partial charge < -0.3 is 9.64 Å². The van der Waals surface area contributed by atoms with Crippen molar-refractivity contribution in [1.29, 1.82) is 0 Å². The molecule has 0 unspecified atom stereocenters. The van der Waals surface area contributed by atoms with Crippen molar-refractivity contribution in [2.75, 3.05) is 19.4 Å². The van der Waals surface area contributed by atoms with Gasteiger partial charge in [-0.1, -0.05) is 18.2 Å². The lowest BCUT2D eigenvalue weighted by molar-refractivity contribution is 0.0733. The van der Waals surface area contributed by atoms with Crippen molar-refractivity contribution < 1.29 is 9.53 Å². The van der Waals surface area contributed by atoms with Crippen LogP contribution in [0.1, 0.15) is 15.9 Å². The Labute approximate surface area is 179 Å². The highest BCUT2D eigenvalue weighted by Gasteiger charge is 2.21. The number of aromatic amines is 1. The fourth-order valence-corrected chi connectivity index (χ4v) is 4.19. The molecule has 1 aromatic heterocycles. The topological polar surface area (TPSA) is 58.2 Å². The van der Waals surface area contributed by atoms with Gasteiger partial charge in [0, 0.05) is 28.0 Å². The summed E-state index contributed by atoms with van der Waals surface area (Å²) in [5, 5.41) is 8.20. The van der Waals surface area contributed by atoms with E-state index in [2.05, 4.69) is 40.5 Å². The molecular formula is C24H21N3O2S. The van der Waals surface area contributed by atoms with Crippen LogP contribution in [0.3, 0.4) is 0 Å². The van der Waals surface area contributed by atoms with E-state index in [1.54, 1.807) is 11.8 Å². The van der Waals surface area contributed by atoms with Crippen molar-refractivity contribution in [3.63, 3.8) is 0 Å². The third kappa shape index (κ3) is 3.55. The largest absolute Gasteiger partial charge is 0.491 e. The first kappa shape index (κ1) is 18.8. The molecule has 6 heteroatoms. The number of carbonyl (C=O) groups is 1. The second kappa shape index (κ2) is 7.88. The minimum absolute atomic E-state index is 0.0309. The number of H-pyrrole nitrogens is 1. The number of thioether (sulfide) groups is 1. The van der Waals surface area contributed by atoms with Crippen molar-refractivity contribution in [1.82, 2.24) is 15.1 Å². The SMILES string of the molecule is CSc1ccc(C(=O)N2CCOc3ccc(-c4ccc5cn[nH]c5c4)cc3C2)cc1. The molecule has 1 aliphatic rings. The van der Waals surface area contributed by atoms with Gasteiger partial charge in [-0.2, -0.15) is 5.10 Å². The van der Waals surface area contributed by atoms with Gasteiger partial charge in [-0.3, -0.25) is 9.89 Å². The van der Waals surface area contributed by atoms with Crippen molar-refractivity contribution >= 4 is 28.6 Å². The van der Waals surface area contributed by atoms with Crippen LogP contribution in [0.5, 0.6) is 5.75 Å². The molecule has 1 N–H and O–H groups in total. The Balaban J connectivity index is 1.44. The summed E-state index contributed by atoms with van der Waals surface area (Å²) in [7, 11) is 0. The summed E-state index contributed by atoms with van der Waals surface area (Å²) < 4.78 is 5.94. The molecule has 0 saturated heterocycles. The molecule has 0 fully saturated rings. The van der Waals surface area contributed by atoms with Crippen molar-refractivity contribution in [2.24, 2.45) is 0 Å². The minimum atomic E-state index is 0.0309. The first-order chi connectivity index (χ1) is 14.7. The van der Waals surface area contributed by atoms with Crippen LogP contribution in [0.25, 0.3) is 22.0 Å². The van der Waals surface area contributed by atoms with Crippen LogP contribution in [0.15, 0.2) is 71.8 Å². The van der Waals surface area contributed by atoms with Crippen molar-refractivity contribution in [3.8, 4) is 16.9 Å². The highest BCUT2D eigenvalue weighted by molar-refractivity contribution is 7.98. The number of ether oxygens (including phenoxy) is 1. The van der Waals surface area contributed by atoms with Crippen LogP contribution in [0.4, 0.5) is 0 Å². The van der Waals surface area contributed by atoms with E-state index in [9.17, 15) is 4.79 Å². The van der Waals surface area contributed by atoms with Gasteiger partial charge in [-0.25, -0.2) is 0 Å². The molecule has 2 heterocycles. The molecule has 150 valence electrons. The number of nitrogens with one attached hydrogen (secondary N) is 1. The maximum absolute atomic E-state index is 13.1. The molecule has 0 aliphatic carbocycles. The highest BCUT2D eigenvalue weighted by atomic mass is 32.2. The Bertz CT molecular complexity index is 1220. The molecule has 5 rings (SSSR count). The van der Waals surface area contributed by atoms with E-state index < -0.39 is 0 Å². The van der Waals surface area contributed by atoms with E-state index in [4.69, 9.17) is 4.74 Å². The normalized spacial score (nSPS) is 13.6. The first-order valence-electron chi connectivity index (χ1n) is 9.84. The van der Waals surface area contributed by atoms with Crippen molar-refractivity contribution in [2.45, 2.75) is 11.4 Å². The van der Waals surface area contributed by atoms with Gasteiger partial charge >= 0.3 is 0 Å². The lowest BCUT2D eigenvalue weighted by Gasteiger charge is -2.20. The van der Waals surface area contributed by atoms with Gasteiger partial charge in [0.25, 0.3) is 5.91 Å². The number of aromatic nitrogens is 2. The molecule has 0 spiro atoms. The first-order valence-corrected chi connectivity index (χ1v) is 11.1. The third-order valence-corrected chi connectivity index (χ3v) is 6.18. The number of benzene rings is 3. The number of hydrogen-bond acceptors (Lipinski definition) is 4. The Hall–Kier alpha value is -3.25. The molecule has 1 amide bonds. The summed E-state index contributed by atoms with van der Waals surface area (Å²) in [4.78, 5) is 16.1. The van der Waals surface area contributed by atoms with Gasteiger partial charge in [0.1, 0.15) is 12.4 Å². The van der Waals surface area contributed by atoms with E-state index in [1.165, 1.54) is 0 Å². The maximum atomic E-state index is 13.1. The van der Waals surface area contributed by atoms with Gasteiger partial charge in [0.2, 0.25) is 0 Å². The van der Waals surface area contributed by atoms with Crippen LogP contribution in [0, 0.1) is 0 Å². The average molecular weight is 416 g/mol. The molecule has 1 aliphatic heterocycles. The lowest BCUT2D eigenvalue weighted by atomic mass is 10.0. The number of nitrogens with zero attached hydrogens (tertiary/aromatic N) is 2. The van der Waals surface area contributed by atoms with Gasteiger partial charge in [-0.15, -0.1) is 11.8 Å². The average Bonchev–Trinajstić information content (AvgIpc) is 3.16. The third-order valence-electron chi connectivity index (χ3n) is 5.44. The van der Waals surface area contributed by atoms with E-state index >= 15 is 0 Å². The van der Waals surface area contributed by atoms with Crippen molar-refractivity contribution in [3.05, 3.63) is 78.0 Å². The fourth-order valence-electron chi connectivity index (χ4n) is 3.78. The maximum Gasteiger partial charge on any atom is 0.254 e. The molecule has 0 saturated carbocycles. The highest BCUT2D eigenvalue weighted by Crippen LogP contribution is 2.31. The summed E-state index contributed by atoms with van der Waals surface area (Å²) in [6.45, 7) is 1.58. The zero-order valence-corrected chi connectivity index (χ0v) is 17.4. The van der Waals surface area contributed by atoms with E-state index in [0.717, 1.165) is 38.2 Å².